The summed E-state index contributed by atoms with van der Waals surface area (Å²) in [6.45, 7) is 4.28. The second-order valence-corrected chi connectivity index (χ2v) is 6.75. The van der Waals surface area contributed by atoms with Crippen molar-refractivity contribution in [2.75, 3.05) is 7.11 Å². The minimum Gasteiger partial charge on any atom is -0.497 e. The molecular formula is C18H22N2O3S. The van der Waals surface area contributed by atoms with Crippen LogP contribution < -0.4 is 15.4 Å². The summed E-state index contributed by atoms with van der Waals surface area (Å²) in [5.41, 5.74) is 0.493. The van der Waals surface area contributed by atoms with Crippen LogP contribution in [0, 0.1) is 5.92 Å². The van der Waals surface area contributed by atoms with Crippen molar-refractivity contribution in [2.45, 2.75) is 26.4 Å². The molecule has 0 saturated carbocycles. The van der Waals surface area contributed by atoms with Crippen molar-refractivity contribution in [3.63, 3.8) is 0 Å². The molecular weight excluding hydrogens is 324 g/mol. The van der Waals surface area contributed by atoms with Crippen LogP contribution in [0.3, 0.4) is 0 Å². The van der Waals surface area contributed by atoms with Crippen molar-refractivity contribution in [3.8, 4) is 5.75 Å². The van der Waals surface area contributed by atoms with Crippen LogP contribution in [0.5, 0.6) is 5.75 Å². The number of ether oxygens (including phenoxy) is 1. The lowest BCUT2D eigenvalue weighted by Crippen LogP contribution is -2.49. The number of thiophene rings is 1. The lowest BCUT2D eigenvalue weighted by atomic mass is 10.0. The van der Waals surface area contributed by atoms with Crippen LogP contribution in [0.15, 0.2) is 41.8 Å². The number of rotatable bonds is 7. The average molecular weight is 346 g/mol. The lowest BCUT2D eigenvalue weighted by molar-refractivity contribution is -0.124. The summed E-state index contributed by atoms with van der Waals surface area (Å²) in [7, 11) is 1.57. The van der Waals surface area contributed by atoms with E-state index in [0.717, 1.165) is 4.88 Å². The molecule has 0 saturated heterocycles. The minimum absolute atomic E-state index is 0.0180. The van der Waals surface area contributed by atoms with E-state index in [1.165, 1.54) is 0 Å². The summed E-state index contributed by atoms with van der Waals surface area (Å²) in [6, 6.07) is 10.1. The van der Waals surface area contributed by atoms with Gasteiger partial charge in [0.25, 0.3) is 5.91 Å². The first-order valence-electron chi connectivity index (χ1n) is 7.76. The van der Waals surface area contributed by atoms with Crippen LogP contribution in [0.2, 0.25) is 0 Å². The molecule has 1 heterocycles. The van der Waals surface area contributed by atoms with Crippen molar-refractivity contribution < 1.29 is 14.3 Å². The van der Waals surface area contributed by atoms with E-state index in [-0.39, 0.29) is 17.7 Å². The Hall–Kier alpha value is -2.34. The van der Waals surface area contributed by atoms with Crippen LogP contribution in [0.25, 0.3) is 0 Å². The van der Waals surface area contributed by atoms with E-state index in [2.05, 4.69) is 10.6 Å². The molecule has 2 N–H and O–H groups in total. The number of nitrogens with one attached hydrogen (secondary N) is 2. The summed E-state index contributed by atoms with van der Waals surface area (Å²) in [6.07, 6.45) is 0. The molecule has 2 rings (SSSR count). The van der Waals surface area contributed by atoms with Gasteiger partial charge in [-0.15, -0.1) is 11.3 Å². The molecule has 2 aromatic rings. The predicted molar refractivity (Wildman–Crippen MR) is 95.3 cm³/mol. The maximum Gasteiger partial charge on any atom is 0.251 e. The van der Waals surface area contributed by atoms with Crippen LogP contribution >= 0.6 is 11.3 Å². The average Bonchev–Trinajstić information content (AvgIpc) is 3.10. The van der Waals surface area contributed by atoms with E-state index >= 15 is 0 Å². The third-order valence-electron chi connectivity index (χ3n) is 3.60. The molecule has 0 spiro atoms. The standard InChI is InChI=1S/C18H22N2O3S/c1-12(2)16(18(22)19-11-15-5-4-10-24-15)20-17(21)13-6-8-14(23-3)9-7-13/h4-10,12,16H,11H2,1-3H3,(H,19,22)(H,20,21)/t16-/m1/s1. The number of amides is 2. The van der Waals surface area contributed by atoms with E-state index in [1.807, 2.05) is 31.4 Å². The minimum atomic E-state index is -0.584. The van der Waals surface area contributed by atoms with Gasteiger partial charge in [-0.25, -0.2) is 0 Å². The largest absolute Gasteiger partial charge is 0.497 e. The summed E-state index contributed by atoms with van der Waals surface area (Å²) < 4.78 is 5.08. The number of benzene rings is 1. The second kappa shape index (κ2) is 8.49. The number of hydrogen-bond donors (Lipinski definition) is 2. The van der Waals surface area contributed by atoms with Gasteiger partial charge < -0.3 is 15.4 Å². The van der Waals surface area contributed by atoms with Crippen LogP contribution in [-0.4, -0.2) is 25.0 Å². The first-order chi connectivity index (χ1) is 11.5. The molecule has 0 unspecified atom stereocenters. The maximum atomic E-state index is 12.4. The Morgan fingerprint density at radius 1 is 1.17 bits per heavy atom. The van der Waals surface area contributed by atoms with Crippen molar-refractivity contribution in [2.24, 2.45) is 5.92 Å². The van der Waals surface area contributed by atoms with Gasteiger partial charge in [0.1, 0.15) is 11.8 Å². The van der Waals surface area contributed by atoms with Crippen molar-refractivity contribution >= 4 is 23.2 Å². The summed E-state index contributed by atoms with van der Waals surface area (Å²) in [4.78, 5) is 25.8. The van der Waals surface area contributed by atoms with Gasteiger partial charge in [-0.3, -0.25) is 9.59 Å². The molecule has 0 bridgehead atoms. The zero-order valence-corrected chi connectivity index (χ0v) is 14.9. The highest BCUT2D eigenvalue weighted by molar-refractivity contribution is 7.09. The van der Waals surface area contributed by atoms with E-state index < -0.39 is 6.04 Å². The molecule has 2 amide bonds. The Kier molecular flexibility index (Phi) is 6.37. The third kappa shape index (κ3) is 4.83. The van der Waals surface area contributed by atoms with Gasteiger partial charge in [0.05, 0.1) is 13.7 Å². The third-order valence-corrected chi connectivity index (χ3v) is 4.48. The lowest BCUT2D eigenvalue weighted by Gasteiger charge is -2.21. The van der Waals surface area contributed by atoms with Gasteiger partial charge in [-0.2, -0.15) is 0 Å². The van der Waals surface area contributed by atoms with Crippen LogP contribution in [0.4, 0.5) is 0 Å². The monoisotopic (exact) mass is 346 g/mol. The molecule has 0 radical (unpaired) electrons. The second-order valence-electron chi connectivity index (χ2n) is 5.72. The fourth-order valence-corrected chi connectivity index (χ4v) is 2.84. The zero-order valence-electron chi connectivity index (χ0n) is 14.0. The number of hydrogen-bond acceptors (Lipinski definition) is 4. The Morgan fingerprint density at radius 3 is 2.42 bits per heavy atom. The zero-order chi connectivity index (χ0) is 17.5. The molecule has 0 aliphatic carbocycles. The summed E-state index contributed by atoms with van der Waals surface area (Å²) >= 11 is 1.59. The molecule has 24 heavy (non-hydrogen) atoms. The maximum absolute atomic E-state index is 12.4. The highest BCUT2D eigenvalue weighted by Crippen LogP contribution is 2.12. The number of methoxy groups -OCH3 is 1. The topological polar surface area (TPSA) is 67.4 Å². The predicted octanol–water partition coefficient (Wildman–Crippen LogP) is 2.83. The molecule has 0 aliphatic rings. The molecule has 0 aliphatic heterocycles. The SMILES string of the molecule is COc1ccc(C(=O)N[C@@H](C(=O)NCc2cccs2)C(C)C)cc1. The Bertz CT molecular complexity index is 666. The quantitative estimate of drug-likeness (QED) is 0.810. The van der Waals surface area contributed by atoms with Crippen molar-refractivity contribution in [1.82, 2.24) is 10.6 Å². The Balaban J connectivity index is 1.98. The molecule has 1 aromatic heterocycles. The fraction of sp³-hybridized carbons (Fsp3) is 0.333. The number of carbonyl (C=O) groups excluding carboxylic acids is 2. The molecule has 6 heteroatoms. The van der Waals surface area contributed by atoms with Gasteiger partial charge in [0, 0.05) is 10.4 Å². The van der Waals surface area contributed by atoms with Crippen molar-refractivity contribution in [3.05, 3.63) is 52.2 Å². The van der Waals surface area contributed by atoms with E-state index in [9.17, 15) is 9.59 Å². The van der Waals surface area contributed by atoms with Gasteiger partial charge >= 0.3 is 0 Å². The Morgan fingerprint density at radius 2 is 1.88 bits per heavy atom. The number of carbonyl (C=O) groups is 2. The van der Waals surface area contributed by atoms with Gasteiger partial charge in [0.2, 0.25) is 5.91 Å². The first kappa shape index (κ1) is 18.0. The Labute approximate surface area is 146 Å². The molecule has 5 nitrogen and oxygen atoms in total. The van der Waals surface area contributed by atoms with Gasteiger partial charge in [0.15, 0.2) is 0 Å². The summed E-state index contributed by atoms with van der Waals surface area (Å²) in [5.74, 6) is 0.207. The first-order valence-corrected chi connectivity index (χ1v) is 8.64. The van der Waals surface area contributed by atoms with Gasteiger partial charge in [-0.1, -0.05) is 19.9 Å². The highest BCUT2D eigenvalue weighted by atomic mass is 32.1. The van der Waals surface area contributed by atoms with Gasteiger partial charge in [-0.05, 0) is 41.6 Å². The van der Waals surface area contributed by atoms with E-state index in [1.54, 1.807) is 42.7 Å². The highest BCUT2D eigenvalue weighted by Gasteiger charge is 2.24. The molecule has 0 fully saturated rings. The molecule has 1 atom stereocenters. The van der Waals surface area contributed by atoms with Crippen molar-refractivity contribution in [1.29, 1.82) is 0 Å². The molecule has 128 valence electrons. The summed E-state index contributed by atoms with van der Waals surface area (Å²) in [5, 5.41) is 7.66. The normalized spacial score (nSPS) is 11.8. The van der Waals surface area contributed by atoms with Crippen LogP contribution in [0.1, 0.15) is 29.1 Å². The van der Waals surface area contributed by atoms with E-state index in [0.29, 0.717) is 17.9 Å². The molecule has 1 aromatic carbocycles. The fourth-order valence-electron chi connectivity index (χ4n) is 2.20. The van der Waals surface area contributed by atoms with E-state index in [4.69, 9.17) is 4.74 Å². The van der Waals surface area contributed by atoms with Crippen LogP contribution in [-0.2, 0) is 11.3 Å². The smallest absolute Gasteiger partial charge is 0.251 e.